The number of β-amino-alcohol motifs (C(OH)–C–C–N with tert-alkyl or cyclic N) is 1. The second-order valence-corrected chi connectivity index (χ2v) is 11.9. The number of benzene rings is 2. The fraction of sp³-hybridized carbons (Fsp3) is 0.333. The topological polar surface area (TPSA) is 112 Å². The van der Waals surface area contributed by atoms with Crippen LogP contribution in [0.2, 0.25) is 10.0 Å². The van der Waals surface area contributed by atoms with E-state index in [1.54, 1.807) is 13.0 Å². The van der Waals surface area contributed by atoms with E-state index in [9.17, 15) is 27.0 Å². The lowest BCUT2D eigenvalue weighted by Gasteiger charge is -2.26. The van der Waals surface area contributed by atoms with Crippen LogP contribution < -0.4 is 0 Å². The molecule has 0 aromatic heterocycles. The van der Waals surface area contributed by atoms with E-state index in [2.05, 4.69) is 0 Å². The van der Waals surface area contributed by atoms with Gasteiger partial charge in [0.15, 0.2) is 9.84 Å². The Morgan fingerprint density at radius 2 is 1.72 bits per heavy atom. The minimum absolute atomic E-state index is 0.0125. The molecule has 2 aromatic rings. The van der Waals surface area contributed by atoms with Crippen LogP contribution in [0.15, 0.2) is 52.3 Å². The second-order valence-electron chi connectivity index (χ2n) is 6.98. The van der Waals surface area contributed by atoms with Crippen molar-refractivity contribution in [3.63, 3.8) is 0 Å². The van der Waals surface area contributed by atoms with Gasteiger partial charge in [-0.25, -0.2) is 16.8 Å². The predicted molar refractivity (Wildman–Crippen MR) is 109 cm³/mol. The highest BCUT2D eigenvalue weighted by molar-refractivity contribution is 7.92. The Balaban J connectivity index is 2.03. The molecule has 0 spiro atoms. The molecule has 7 nitrogen and oxygen atoms in total. The van der Waals surface area contributed by atoms with Crippen LogP contribution in [0.1, 0.15) is 5.56 Å². The van der Waals surface area contributed by atoms with Gasteiger partial charge < -0.3 is 10.2 Å². The number of aliphatic hydroxyl groups excluding tert-OH is 1. The summed E-state index contributed by atoms with van der Waals surface area (Å²) in [6, 6.07) is 9.66. The first-order valence-electron chi connectivity index (χ1n) is 8.51. The monoisotopic (exact) mass is 479 g/mol. The third-order valence-electron chi connectivity index (χ3n) is 4.91. The summed E-state index contributed by atoms with van der Waals surface area (Å²) in [5, 5.41) is 19.3. The van der Waals surface area contributed by atoms with Gasteiger partial charge in [-0.1, -0.05) is 29.3 Å². The van der Waals surface area contributed by atoms with Crippen molar-refractivity contribution in [2.75, 3.05) is 19.7 Å². The van der Waals surface area contributed by atoms with Crippen LogP contribution in [-0.2, 0) is 19.9 Å². The van der Waals surface area contributed by atoms with Crippen LogP contribution in [-0.4, -0.2) is 61.9 Å². The van der Waals surface area contributed by atoms with E-state index in [1.807, 2.05) is 0 Å². The predicted octanol–water partition coefficient (Wildman–Crippen LogP) is 1.87. The van der Waals surface area contributed by atoms with E-state index in [4.69, 9.17) is 23.2 Å². The zero-order valence-corrected chi connectivity index (χ0v) is 18.4. The molecular weight excluding hydrogens is 461 g/mol. The van der Waals surface area contributed by atoms with E-state index in [0.717, 1.165) is 9.87 Å². The van der Waals surface area contributed by atoms with Crippen LogP contribution in [0, 0.1) is 6.92 Å². The minimum atomic E-state index is -4.20. The van der Waals surface area contributed by atoms with E-state index in [0.29, 0.717) is 5.02 Å². The molecule has 11 heteroatoms. The number of hydrogen-bond donors (Lipinski definition) is 2. The standard InChI is InChI=1S/C18H19Cl2NO6S2/c1-12-2-7-16(15(20)8-12)29(26,27)21-9-17(18(23,10-21)11-22)28(24,25)14-5-3-13(19)4-6-14/h2-8,17,22-23H,9-11H2,1H3/t17-,18+/m0/s1. The molecule has 0 unspecified atom stereocenters. The molecule has 0 saturated carbocycles. The van der Waals surface area contributed by atoms with Crippen molar-refractivity contribution in [1.29, 1.82) is 0 Å². The third-order valence-corrected chi connectivity index (χ3v) is 9.73. The molecule has 0 bridgehead atoms. The van der Waals surface area contributed by atoms with E-state index < -0.39 is 50.4 Å². The third kappa shape index (κ3) is 4.05. The highest BCUT2D eigenvalue weighted by Crippen LogP contribution is 2.36. The summed E-state index contributed by atoms with van der Waals surface area (Å²) >= 11 is 11.9. The molecule has 0 aliphatic carbocycles. The van der Waals surface area contributed by atoms with Gasteiger partial charge in [0, 0.05) is 18.1 Å². The summed E-state index contributed by atoms with van der Waals surface area (Å²) in [4.78, 5) is -0.332. The van der Waals surface area contributed by atoms with Crippen molar-refractivity contribution in [3.8, 4) is 0 Å². The normalized spacial score (nSPS) is 23.4. The average molecular weight is 480 g/mol. The average Bonchev–Trinajstić information content (AvgIpc) is 3.02. The molecule has 1 aliphatic heterocycles. The van der Waals surface area contributed by atoms with Gasteiger partial charge in [-0.2, -0.15) is 4.31 Å². The number of halogens is 2. The van der Waals surface area contributed by atoms with Crippen molar-refractivity contribution in [2.45, 2.75) is 27.6 Å². The fourth-order valence-corrected chi connectivity index (χ4v) is 7.55. The van der Waals surface area contributed by atoms with Crippen molar-refractivity contribution >= 4 is 43.1 Å². The van der Waals surface area contributed by atoms with Gasteiger partial charge in [-0.3, -0.25) is 0 Å². The van der Waals surface area contributed by atoms with Crippen LogP contribution in [0.5, 0.6) is 0 Å². The van der Waals surface area contributed by atoms with E-state index in [-0.39, 0.29) is 14.8 Å². The number of rotatable bonds is 5. The van der Waals surface area contributed by atoms with Crippen LogP contribution in [0.4, 0.5) is 0 Å². The Labute approximate surface area is 179 Å². The summed E-state index contributed by atoms with van der Waals surface area (Å²) in [6.45, 7) is -0.308. The lowest BCUT2D eigenvalue weighted by molar-refractivity contribution is 0.00160. The zero-order valence-electron chi connectivity index (χ0n) is 15.3. The van der Waals surface area contributed by atoms with Gasteiger partial charge in [0.2, 0.25) is 10.0 Å². The lowest BCUT2D eigenvalue weighted by Crippen LogP contribution is -2.49. The van der Waals surface area contributed by atoms with Gasteiger partial charge in [0.05, 0.1) is 16.5 Å². The first-order valence-corrected chi connectivity index (χ1v) is 12.2. The van der Waals surface area contributed by atoms with Gasteiger partial charge in [-0.15, -0.1) is 0 Å². The molecule has 3 rings (SSSR count). The van der Waals surface area contributed by atoms with Gasteiger partial charge in [0.1, 0.15) is 15.7 Å². The maximum Gasteiger partial charge on any atom is 0.244 e. The molecule has 158 valence electrons. The first kappa shape index (κ1) is 22.5. The van der Waals surface area contributed by atoms with Crippen molar-refractivity contribution in [2.24, 2.45) is 0 Å². The SMILES string of the molecule is Cc1ccc(S(=O)(=O)N2C[C@H](S(=O)(=O)c3ccc(Cl)cc3)[C@](O)(CO)C2)c(Cl)c1. The molecular formula is C18H19Cl2NO6S2. The molecule has 1 heterocycles. The van der Waals surface area contributed by atoms with Gasteiger partial charge >= 0.3 is 0 Å². The Kier molecular flexibility index (Phi) is 6.05. The number of aryl methyl sites for hydroxylation is 1. The lowest BCUT2D eigenvalue weighted by atomic mass is 10.1. The number of nitrogens with zero attached hydrogens (tertiary/aromatic N) is 1. The van der Waals surface area contributed by atoms with Crippen molar-refractivity contribution < 1.29 is 27.0 Å². The Morgan fingerprint density at radius 3 is 2.28 bits per heavy atom. The molecule has 1 aliphatic rings. The van der Waals surface area contributed by atoms with Gasteiger partial charge in [0.25, 0.3) is 0 Å². The molecule has 1 saturated heterocycles. The maximum atomic E-state index is 13.1. The largest absolute Gasteiger partial charge is 0.393 e. The summed E-state index contributed by atoms with van der Waals surface area (Å²) in [5.74, 6) is 0. The van der Waals surface area contributed by atoms with Crippen LogP contribution in [0.3, 0.4) is 0 Å². The number of sulfonamides is 1. The summed E-state index contributed by atoms with van der Waals surface area (Å²) in [7, 11) is -8.38. The number of hydrogen-bond acceptors (Lipinski definition) is 6. The molecule has 2 aromatic carbocycles. The highest BCUT2D eigenvalue weighted by atomic mass is 35.5. The Morgan fingerprint density at radius 1 is 1.10 bits per heavy atom. The van der Waals surface area contributed by atoms with Crippen molar-refractivity contribution in [1.82, 2.24) is 4.31 Å². The molecule has 0 amide bonds. The minimum Gasteiger partial charge on any atom is -0.393 e. The van der Waals surface area contributed by atoms with E-state index in [1.165, 1.54) is 36.4 Å². The summed E-state index contributed by atoms with van der Waals surface area (Å²) in [5.41, 5.74) is -1.42. The number of aliphatic hydroxyl groups is 2. The quantitative estimate of drug-likeness (QED) is 0.676. The number of sulfone groups is 1. The second kappa shape index (κ2) is 7.81. The first-order chi connectivity index (χ1) is 13.4. The molecule has 1 fully saturated rings. The van der Waals surface area contributed by atoms with Crippen LogP contribution >= 0.6 is 23.2 Å². The maximum absolute atomic E-state index is 13.1. The highest BCUT2D eigenvalue weighted by Gasteiger charge is 2.55. The summed E-state index contributed by atoms with van der Waals surface area (Å²) in [6.07, 6.45) is 0. The van der Waals surface area contributed by atoms with Crippen LogP contribution in [0.25, 0.3) is 0 Å². The summed E-state index contributed by atoms with van der Waals surface area (Å²) < 4.78 is 53.1. The smallest absolute Gasteiger partial charge is 0.244 e. The Bertz CT molecular complexity index is 1140. The molecule has 0 radical (unpaired) electrons. The van der Waals surface area contributed by atoms with Crippen molar-refractivity contribution in [3.05, 3.63) is 58.1 Å². The molecule has 29 heavy (non-hydrogen) atoms. The van der Waals surface area contributed by atoms with Gasteiger partial charge in [-0.05, 0) is 48.9 Å². The van der Waals surface area contributed by atoms with E-state index >= 15 is 0 Å². The Hall–Kier alpha value is -1.20. The zero-order chi connectivity index (χ0) is 21.6. The fourth-order valence-electron chi connectivity index (χ4n) is 3.29. The molecule has 2 N–H and O–H groups in total. The molecule has 2 atom stereocenters.